The molecule has 0 saturated heterocycles. The Bertz CT molecular complexity index is 767. The summed E-state index contributed by atoms with van der Waals surface area (Å²) in [6, 6.07) is 7.82. The molecule has 0 aliphatic heterocycles. The highest BCUT2D eigenvalue weighted by atomic mass is 19.4. The molecule has 9 heteroatoms. The Morgan fingerprint density at radius 1 is 1.19 bits per heavy atom. The van der Waals surface area contributed by atoms with E-state index in [-0.39, 0.29) is 5.69 Å². The lowest BCUT2D eigenvalue weighted by Gasteiger charge is -2.13. The number of hydrogen-bond acceptors (Lipinski definition) is 5. The molecule has 0 aliphatic rings. The predicted octanol–water partition coefficient (Wildman–Crippen LogP) is 3.76. The number of carbonyl (C=O) groups is 2. The van der Waals surface area contributed by atoms with Crippen molar-refractivity contribution in [1.29, 1.82) is 0 Å². The van der Waals surface area contributed by atoms with E-state index in [2.05, 4.69) is 10.1 Å². The predicted molar refractivity (Wildman–Crippen MR) is 85.1 cm³/mol. The lowest BCUT2D eigenvalue weighted by atomic mass is 10.3. The summed E-state index contributed by atoms with van der Waals surface area (Å²) in [6.07, 6.45) is -1.99. The van der Waals surface area contributed by atoms with Crippen molar-refractivity contribution < 1.29 is 36.7 Å². The summed E-state index contributed by atoms with van der Waals surface area (Å²) in [7, 11) is 0. The number of halogens is 3. The number of benzene rings is 1. The van der Waals surface area contributed by atoms with Crippen LogP contribution >= 0.6 is 0 Å². The number of esters is 1. The highest BCUT2D eigenvalue weighted by molar-refractivity contribution is 5.96. The van der Waals surface area contributed by atoms with Gasteiger partial charge in [0, 0.05) is 11.8 Å². The number of rotatable bonds is 6. The van der Waals surface area contributed by atoms with E-state index in [4.69, 9.17) is 9.15 Å². The van der Waals surface area contributed by atoms with Crippen LogP contribution in [0.4, 0.5) is 18.9 Å². The molecule has 1 N–H and O–H groups in total. The van der Waals surface area contributed by atoms with E-state index >= 15 is 0 Å². The molecular formula is C17H14F3NO5. The van der Waals surface area contributed by atoms with E-state index in [0.29, 0.717) is 5.76 Å². The van der Waals surface area contributed by atoms with Gasteiger partial charge in [-0.2, -0.15) is 0 Å². The minimum atomic E-state index is -4.79. The molecule has 1 amide bonds. The minimum Gasteiger partial charge on any atom is -0.465 e. The number of carbonyl (C=O) groups excluding carboxylic acids is 2. The van der Waals surface area contributed by atoms with Crippen molar-refractivity contribution in [2.75, 3.05) is 5.32 Å². The first kappa shape index (κ1) is 19.1. The number of alkyl halides is 3. The molecule has 138 valence electrons. The Morgan fingerprint density at radius 3 is 2.46 bits per heavy atom. The van der Waals surface area contributed by atoms with Gasteiger partial charge in [0.05, 0.1) is 6.26 Å². The molecule has 2 rings (SSSR count). The number of nitrogens with one attached hydrogen (secondary N) is 1. The highest BCUT2D eigenvalue weighted by Crippen LogP contribution is 2.24. The molecule has 6 nitrogen and oxygen atoms in total. The Kier molecular flexibility index (Phi) is 6.05. The third kappa shape index (κ3) is 6.34. The molecular weight excluding hydrogens is 355 g/mol. The average molecular weight is 369 g/mol. The van der Waals surface area contributed by atoms with E-state index in [1.54, 1.807) is 12.1 Å². The summed E-state index contributed by atoms with van der Waals surface area (Å²) in [5.74, 6) is -1.37. The summed E-state index contributed by atoms with van der Waals surface area (Å²) < 4.78 is 49.9. The summed E-state index contributed by atoms with van der Waals surface area (Å²) in [5.41, 5.74) is 0.221. The van der Waals surface area contributed by atoms with Crippen LogP contribution in [-0.2, 0) is 14.3 Å². The van der Waals surface area contributed by atoms with Gasteiger partial charge in [-0.05, 0) is 49.4 Å². The van der Waals surface area contributed by atoms with Gasteiger partial charge in [-0.1, -0.05) is 0 Å². The molecule has 0 bridgehead atoms. The smallest absolute Gasteiger partial charge is 0.465 e. The van der Waals surface area contributed by atoms with Gasteiger partial charge in [-0.15, -0.1) is 13.2 Å². The van der Waals surface area contributed by atoms with Gasteiger partial charge < -0.3 is 19.2 Å². The van der Waals surface area contributed by atoms with Crippen molar-refractivity contribution in [2.24, 2.45) is 0 Å². The second kappa shape index (κ2) is 8.24. The maximum atomic E-state index is 12.1. The zero-order valence-electron chi connectivity index (χ0n) is 13.4. The van der Waals surface area contributed by atoms with Crippen LogP contribution in [0.2, 0.25) is 0 Å². The first-order chi connectivity index (χ1) is 12.2. The average Bonchev–Trinajstić information content (AvgIpc) is 3.07. The van der Waals surface area contributed by atoms with Crippen LogP contribution in [0.15, 0.2) is 53.2 Å². The summed E-state index contributed by atoms with van der Waals surface area (Å²) >= 11 is 0. The Labute approximate surface area is 146 Å². The van der Waals surface area contributed by atoms with Crippen LogP contribution < -0.4 is 10.1 Å². The highest BCUT2D eigenvalue weighted by Gasteiger charge is 2.31. The monoisotopic (exact) mass is 369 g/mol. The summed E-state index contributed by atoms with van der Waals surface area (Å²) in [5, 5.41) is 2.41. The van der Waals surface area contributed by atoms with Crippen molar-refractivity contribution in [3.05, 3.63) is 54.5 Å². The van der Waals surface area contributed by atoms with E-state index < -0.39 is 30.1 Å². The maximum Gasteiger partial charge on any atom is 0.573 e. The van der Waals surface area contributed by atoms with E-state index in [1.807, 2.05) is 0 Å². The van der Waals surface area contributed by atoms with Crippen LogP contribution in [-0.4, -0.2) is 24.3 Å². The Balaban J connectivity index is 1.85. The first-order valence-corrected chi connectivity index (χ1v) is 7.32. The van der Waals surface area contributed by atoms with Gasteiger partial charge in [0.1, 0.15) is 11.5 Å². The van der Waals surface area contributed by atoms with Gasteiger partial charge in [0.25, 0.3) is 5.91 Å². The third-order valence-corrected chi connectivity index (χ3v) is 2.94. The lowest BCUT2D eigenvalue weighted by molar-refractivity contribution is -0.274. The first-order valence-electron chi connectivity index (χ1n) is 7.32. The zero-order valence-corrected chi connectivity index (χ0v) is 13.4. The normalized spacial score (nSPS) is 12.6. The number of anilines is 1. The molecule has 1 atom stereocenters. The second-order valence-corrected chi connectivity index (χ2v) is 4.99. The third-order valence-electron chi connectivity index (χ3n) is 2.94. The van der Waals surface area contributed by atoms with Crippen LogP contribution in [0.25, 0.3) is 6.08 Å². The molecule has 0 radical (unpaired) electrons. The van der Waals surface area contributed by atoms with Gasteiger partial charge in [-0.25, -0.2) is 4.79 Å². The van der Waals surface area contributed by atoms with Crippen molar-refractivity contribution in [3.8, 4) is 5.75 Å². The molecule has 0 aliphatic carbocycles. The fourth-order valence-electron chi connectivity index (χ4n) is 1.79. The van der Waals surface area contributed by atoms with Gasteiger partial charge in [0.2, 0.25) is 0 Å². The van der Waals surface area contributed by atoms with Crippen LogP contribution in [0.3, 0.4) is 0 Å². The second-order valence-electron chi connectivity index (χ2n) is 4.99. The van der Waals surface area contributed by atoms with E-state index in [9.17, 15) is 22.8 Å². The van der Waals surface area contributed by atoms with E-state index in [1.165, 1.54) is 31.4 Å². The Hall–Kier alpha value is -3.23. The van der Waals surface area contributed by atoms with Crippen LogP contribution in [0.1, 0.15) is 12.7 Å². The van der Waals surface area contributed by atoms with Crippen LogP contribution in [0.5, 0.6) is 5.75 Å². The van der Waals surface area contributed by atoms with Crippen molar-refractivity contribution in [1.82, 2.24) is 0 Å². The molecule has 0 spiro atoms. The number of amides is 1. The van der Waals surface area contributed by atoms with E-state index in [0.717, 1.165) is 18.2 Å². The Morgan fingerprint density at radius 2 is 1.88 bits per heavy atom. The number of furan rings is 1. The molecule has 1 aromatic carbocycles. The summed E-state index contributed by atoms with van der Waals surface area (Å²) in [4.78, 5) is 23.6. The molecule has 1 heterocycles. The topological polar surface area (TPSA) is 77.8 Å². The van der Waals surface area contributed by atoms with Gasteiger partial charge >= 0.3 is 12.3 Å². The van der Waals surface area contributed by atoms with Gasteiger partial charge in [0.15, 0.2) is 6.10 Å². The fourth-order valence-corrected chi connectivity index (χ4v) is 1.79. The fraction of sp³-hybridized carbons (Fsp3) is 0.176. The zero-order chi connectivity index (χ0) is 19.2. The van der Waals surface area contributed by atoms with Gasteiger partial charge in [-0.3, -0.25) is 4.79 Å². The van der Waals surface area contributed by atoms with Crippen LogP contribution in [0, 0.1) is 0 Å². The largest absolute Gasteiger partial charge is 0.573 e. The molecule has 0 saturated carbocycles. The maximum absolute atomic E-state index is 12.1. The van der Waals surface area contributed by atoms with Crippen molar-refractivity contribution >= 4 is 23.6 Å². The molecule has 26 heavy (non-hydrogen) atoms. The minimum absolute atomic E-state index is 0.221. The van der Waals surface area contributed by atoms with Crippen molar-refractivity contribution in [2.45, 2.75) is 19.4 Å². The van der Waals surface area contributed by atoms with Crippen molar-refractivity contribution in [3.63, 3.8) is 0 Å². The molecule has 0 fully saturated rings. The molecule has 1 unspecified atom stereocenters. The molecule has 1 aromatic heterocycles. The lowest BCUT2D eigenvalue weighted by Crippen LogP contribution is -2.29. The SMILES string of the molecule is CC(OC(=O)/C=C/c1ccco1)C(=O)Nc1ccc(OC(F)(F)F)cc1. The number of hydrogen-bond donors (Lipinski definition) is 1. The standard InChI is InChI=1S/C17H14F3NO5/c1-11(25-15(22)9-8-13-3-2-10-24-13)16(23)21-12-4-6-14(7-5-12)26-17(18,19)20/h2-11H,1H3,(H,21,23)/b9-8+. The molecule has 2 aromatic rings. The number of ether oxygens (including phenoxy) is 2. The summed E-state index contributed by atoms with van der Waals surface area (Å²) in [6.45, 7) is 1.36. The quantitative estimate of drug-likeness (QED) is 0.620.